The van der Waals surface area contributed by atoms with E-state index in [9.17, 15) is 0 Å². The summed E-state index contributed by atoms with van der Waals surface area (Å²) in [6.45, 7) is 6.69. The number of halogens is 1. The average molecular weight is 205 g/mol. The maximum Gasteiger partial charge on any atom is 0.0307 e. The number of alkyl halides is 1. The first-order chi connectivity index (χ1) is 6.13. The van der Waals surface area contributed by atoms with Crippen LogP contribution in [-0.2, 0) is 0 Å². The highest BCUT2D eigenvalue weighted by Gasteiger charge is 1.97. The van der Waals surface area contributed by atoms with E-state index in [4.69, 9.17) is 11.6 Å². The Balaban J connectivity index is 2.92. The van der Waals surface area contributed by atoms with E-state index in [0.717, 1.165) is 5.92 Å². The van der Waals surface area contributed by atoms with E-state index >= 15 is 0 Å². The Morgan fingerprint density at radius 1 is 0.769 bits per heavy atom. The fourth-order valence-corrected chi connectivity index (χ4v) is 1.66. The first-order valence-corrected chi connectivity index (χ1v) is 6.20. The van der Waals surface area contributed by atoms with Crippen LogP contribution in [0.2, 0.25) is 0 Å². The zero-order chi connectivity index (χ0) is 10.1. The van der Waals surface area contributed by atoms with Crippen molar-refractivity contribution >= 4 is 11.6 Å². The second-order valence-electron chi connectivity index (χ2n) is 4.52. The maximum absolute atomic E-state index is 5.86. The highest BCUT2D eigenvalue weighted by Crippen LogP contribution is 2.13. The summed E-state index contributed by atoms with van der Waals surface area (Å²) < 4.78 is 0. The first-order valence-electron chi connectivity index (χ1n) is 5.77. The van der Waals surface area contributed by atoms with Crippen molar-refractivity contribution in [3.8, 4) is 0 Å². The molecule has 0 aromatic carbocycles. The molecule has 0 saturated carbocycles. The van der Waals surface area contributed by atoms with Crippen LogP contribution in [0.5, 0.6) is 0 Å². The van der Waals surface area contributed by atoms with Gasteiger partial charge in [-0.25, -0.2) is 0 Å². The number of hydrogen-bond donors (Lipinski definition) is 0. The largest absolute Gasteiger partial charge is 0.123 e. The lowest BCUT2D eigenvalue weighted by molar-refractivity contribution is 0.511. The van der Waals surface area contributed by atoms with Crippen LogP contribution in [-0.4, -0.2) is 5.38 Å². The number of rotatable bonds is 8. The molecule has 1 unspecified atom stereocenters. The van der Waals surface area contributed by atoms with Crippen LogP contribution in [0.1, 0.15) is 65.7 Å². The van der Waals surface area contributed by atoms with Crippen LogP contribution in [0.25, 0.3) is 0 Å². The fraction of sp³-hybridized carbons (Fsp3) is 1.00. The molecule has 0 aliphatic carbocycles. The van der Waals surface area contributed by atoms with E-state index in [1.807, 2.05) is 0 Å². The molecule has 0 radical (unpaired) electrons. The van der Waals surface area contributed by atoms with Gasteiger partial charge < -0.3 is 0 Å². The molecule has 0 spiro atoms. The van der Waals surface area contributed by atoms with Crippen LogP contribution in [0.3, 0.4) is 0 Å². The number of hydrogen-bond acceptors (Lipinski definition) is 0. The minimum Gasteiger partial charge on any atom is -0.123 e. The van der Waals surface area contributed by atoms with E-state index in [1.54, 1.807) is 0 Å². The standard InChI is InChI=1S/C12H25Cl/c1-11(2)9-7-5-4-6-8-10-12(3)13/h11-12H,4-10H2,1-3H3. The SMILES string of the molecule is CC(C)CCCCCCCC(C)Cl. The lowest BCUT2D eigenvalue weighted by atomic mass is 10.0. The summed E-state index contributed by atoms with van der Waals surface area (Å²) in [6.07, 6.45) is 9.48. The zero-order valence-corrected chi connectivity index (χ0v) is 10.2. The Kier molecular flexibility index (Phi) is 9.07. The van der Waals surface area contributed by atoms with Gasteiger partial charge in [-0.3, -0.25) is 0 Å². The molecule has 0 heterocycles. The Labute approximate surface area is 89.1 Å². The summed E-state index contributed by atoms with van der Waals surface area (Å²) in [7, 11) is 0. The quantitative estimate of drug-likeness (QED) is 0.386. The molecule has 0 aliphatic rings. The van der Waals surface area contributed by atoms with Crippen molar-refractivity contribution in [1.29, 1.82) is 0 Å². The van der Waals surface area contributed by atoms with Gasteiger partial charge in [-0.15, -0.1) is 11.6 Å². The van der Waals surface area contributed by atoms with Gasteiger partial charge in [-0.2, -0.15) is 0 Å². The number of unbranched alkanes of at least 4 members (excludes halogenated alkanes) is 4. The van der Waals surface area contributed by atoms with E-state index < -0.39 is 0 Å². The third-order valence-electron chi connectivity index (χ3n) is 2.38. The zero-order valence-electron chi connectivity index (χ0n) is 9.48. The summed E-state index contributed by atoms with van der Waals surface area (Å²) in [5, 5.41) is 0.371. The fourth-order valence-electron chi connectivity index (χ4n) is 1.51. The molecular weight excluding hydrogens is 180 g/mol. The van der Waals surface area contributed by atoms with Gasteiger partial charge in [0.05, 0.1) is 0 Å². The Hall–Kier alpha value is 0.290. The smallest absolute Gasteiger partial charge is 0.0307 e. The molecule has 0 saturated heterocycles. The topological polar surface area (TPSA) is 0 Å². The van der Waals surface area contributed by atoms with E-state index in [1.165, 1.54) is 44.9 Å². The highest BCUT2D eigenvalue weighted by molar-refractivity contribution is 6.20. The predicted octanol–water partition coefficient (Wildman–Crippen LogP) is 5.00. The molecule has 80 valence electrons. The molecule has 0 aromatic heterocycles. The molecule has 13 heavy (non-hydrogen) atoms. The van der Waals surface area contributed by atoms with Gasteiger partial charge in [0, 0.05) is 5.38 Å². The van der Waals surface area contributed by atoms with Crippen LogP contribution in [0.15, 0.2) is 0 Å². The summed E-state index contributed by atoms with van der Waals surface area (Å²) >= 11 is 5.86. The Morgan fingerprint density at radius 2 is 1.23 bits per heavy atom. The van der Waals surface area contributed by atoms with E-state index in [-0.39, 0.29) is 0 Å². The van der Waals surface area contributed by atoms with Gasteiger partial charge in [0.15, 0.2) is 0 Å². The third-order valence-corrected chi connectivity index (χ3v) is 2.60. The normalized spacial score (nSPS) is 13.6. The van der Waals surface area contributed by atoms with E-state index in [0.29, 0.717) is 5.38 Å². The van der Waals surface area contributed by atoms with Gasteiger partial charge in [0.25, 0.3) is 0 Å². The Morgan fingerprint density at radius 3 is 1.69 bits per heavy atom. The average Bonchev–Trinajstić information content (AvgIpc) is 2.01. The van der Waals surface area contributed by atoms with Crippen molar-refractivity contribution < 1.29 is 0 Å². The third kappa shape index (κ3) is 12.3. The molecule has 0 N–H and O–H groups in total. The molecule has 1 atom stereocenters. The molecule has 1 heteroatoms. The summed E-state index contributed by atoms with van der Waals surface area (Å²) in [4.78, 5) is 0. The van der Waals surface area contributed by atoms with Gasteiger partial charge in [-0.05, 0) is 19.3 Å². The first kappa shape index (κ1) is 13.3. The van der Waals surface area contributed by atoms with E-state index in [2.05, 4.69) is 20.8 Å². The second-order valence-corrected chi connectivity index (χ2v) is 5.26. The Bertz CT molecular complexity index is 85.3. The van der Waals surface area contributed by atoms with Crippen LogP contribution in [0.4, 0.5) is 0 Å². The molecule has 0 nitrogen and oxygen atoms in total. The lowest BCUT2D eigenvalue weighted by Gasteiger charge is -2.04. The molecule has 0 aliphatic heterocycles. The van der Waals surface area contributed by atoms with Crippen molar-refractivity contribution in [2.75, 3.05) is 0 Å². The molecular formula is C12H25Cl. The second kappa shape index (κ2) is 8.87. The van der Waals surface area contributed by atoms with Crippen LogP contribution in [0, 0.1) is 5.92 Å². The van der Waals surface area contributed by atoms with Gasteiger partial charge in [-0.1, -0.05) is 52.4 Å². The minimum absolute atomic E-state index is 0.371. The molecule has 0 aromatic rings. The van der Waals surface area contributed by atoms with Crippen LogP contribution < -0.4 is 0 Å². The van der Waals surface area contributed by atoms with Crippen molar-refractivity contribution in [3.05, 3.63) is 0 Å². The van der Waals surface area contributed by atoms with Crippen molar-refractivity contribution in [3.63, 3.8) is 0 Å². The lowest BCUT2D eigenvalue weighted by Crippen LogP contribution is -1.91. The monoisotopic (exact) mass is 204 g/mol. The highest BCUT2D eigenvalue weighted by atomic mass is 35.5. The molecule has 0 fully saturated rings. The summed E-state index contributed by atoms with van der Waals surface area (Å²) in [6, 6.07) is 0. The molecule has 0 amide bonds. The van der Waals surface area contributed by atoms with Gasteiger partial charge in [0.2, 0.25) is 0 Å². The van der Waals surface area contributed by atoms with Gasteiger partial charge >= 0.3 is 0 Å². The van der Waals surface area contributed by atoms with Gasteiger partial charge in [0.1, 0.15) is 0 Å². The predicted molar refractivity (Wildman–Crippen MR) is 62.5 cm³/mol. The molecule has 0 bridgehead atoms. The summed E-state index contributed by atoms with van der Waals surface area (Å²) in [5.74, 6) is 0.878. The van der Waals surface area contributed by atoms with Crippen LogP contribution >= 0.6 is 11.6 Å². The van der Waals surface area contributed by atoms with Crippen molar-refractivity contribution in [1.82, 2.24) is 0 Å². The molecule has 0 rings (SSSR count). The van der Waals surface area contributed by atoms with Crippen molar-refractivity contribution in [2.24, 2.45) is 5.92 Å². The van der Waals surface area contributed by atoms with Crippen molar-refractivity contribution in [2.45, 2.75) is 71.1 Å². The summed E-state index contributed by atoms with van der Waals surface area (Å²) in [5.41, 5.74) is 0. The maximum atomic E-state index is 5.86. The minimum atomic E-state index is 0.371.